The Morgan fingerprint density at radius 1 is 1.17 bits per heavy atom. The summed E-state index contributed by atoms with van der Waals surface area (Å²) in [4.78, 5) is 35.1. The Kier molecular flexibility index (Phi) is 5.56. The molecule has 0 N–H and O–H groups in total. The lowest BCUT2D eigenvalue weighted by molar-refractivity contribution is 0.0746. The summed E-state index contributed by atoms with van der Waals surface area (Å²) in [5.41, 5.74) is 3.37. The highest BCUT2D eigenvalue weighted by Gasteiger charge is 2.33. The van der Waals surface area contributed by atoms with Gasteiger partial charge in [-0.15, -0.1) is 0 Å². The van der Waals surface area contributed by atoms with E-state index in [1.165, 1.54) is 4.90 Å². The molecule has 4 rings (SSSR count). The van der Waals surface area contributed by atoms with Crippen LogP contribution in [0.15, 0.2) is 30.5 Å². The van der Waals surface area contributed by atoms with Crippen LogP contribution in [-0.4, -0.2) is 60.7 Å². The number of carbonyl (C=O) groups excluding carboxylic acids is 2. The van der Waals surface area contributed by atoms with Crippen LogP contribution in [0.2, 0.25) is 5.02 Å². The van der Waals surface area contributed by atoms with Gasteiger partial charge in [0.15, 0.2) is 0 Å². The van der Waals surface area contributed by atoms with E-state index in [0.717, 1.165) is 30.0 Å². The highest BCUT2D eigenvalue weighted by molar-refractivity contribution is 6.34. The summed E-state index contributed by atoms with van der Waals surface area (Å²) in [7, 11) is 0. The summed E-state index contributed by atoms with van der Waals surface area (Å²) in [5.74, 6) is 0.917. The molecule has 0 radical (unpaired) electrons. The summed E-state index contributed by atoms with van der Waals surface area (Å²) in [6.45, 7) is 9.00. The van der Waals surface area contributed by atoms with E-state index in [1.54, 1.807) is 18.2 Å². The third-order valence-corrected chi connectivity index (χ3v) is 5.90. The number of hydrogen-bond acceptors (Lipinski definition) is 5. The number of halogens is 1. The molecule has 158 valence electrons. The molecular formula is C22H25ClN4O3. The van der Waals surface area contributed by atoms with Gasteiger partial charge in [-0.25, -0.2) is 9.78 Å². The summed E-state index contributed by atoms with van der Waals surface area (Å²) < 4.78 is 5.06. The van der Waals surface area contributed by atoms with Crippen molar-refractivity contribution in [2.24, 2.45) is 0 Å². The molecule has 2 amide bonds. The third-order valence-electron chi connectivity index (χ3n) is 5.59. The molecule has 0 spiro atoms. The van der Waals surface area contributed by atoms with E-state index in [0.29, 0.717) is 36.0 Å². The number of amides is 2. The summed E-state index contributed by atoms with van der Waals surface area (Å²) >= 11 is 6.42. The number of nitrogens with zero attached hydrogens (tertiary/aromatic N) is 4. The number of cyclic esters (lactones) is 1. The lowest BCUT2D eigenvalue weighted by atomic mass is 10.1. The molecule has 1 aromatic heterocycles. The van der Waals surface area contributed by atoms with E-state index in [9.17, 15) is 9.59 Å². The largest absolute Gasteiger partial charge is 0.447 e. The van der Waals surface area contributed by atoms with E-state index in [2.05, 4.69) is 22.9 Å². The first-order valence-electron chi connectivity index (χ1n) is 10.1. The monoisotopic (exact) mass is 428 g/mol. The average Bonchev–Trinajstić information content (AvgIpc) is 3.06. The van der Waals surface area contributed by atoms with Crippen LogP contribution in [0.5, 0.6) is 0 Å². The second-order valence-corrected chi connectivity index (χ2v) is 8.30. The minimum atomic E-state index is -0.417. The van der Waals surface area contributed by atoms with Crippen LogP contribution < -0.4 is 9.80 Å². The summed E-state index contributed by atoms with van der Waals surface area (Å²) in [6.07, 6.45) is 1.46. The first-order chi connectivity index (χ1) is 14.3. The number of aromatic nitrogens is 1. The summed E-state index contributed by atoms with van der Waals surface area (Å²) in [5, 5.41) is 0.365. The predicted molar refractivity (Wildman–Crippen MR) is 117 cm³/mol. The molecule has 7 nitrogen and oxygen atoms in total. The van der Waals surface area contributed by atoms with Crippen molar-refractivity contribution >= 4 is 35.1 Å². The fourth-order valence-corrected chi connectivity index (χ4v) is 4.30. The zero-order valence-electron chi connectivity index (χ0n) is 17.4. The standard InChI is InChI=1S/C22H25ClN4O3/c1-14-10-15(2)20(24-12-14)25-6-8-26(9-7-25)21(28)17-4-5-19(18(23)11-17)27-16(3)13-30-22(27)29/h4-5,10-12,16H,6-9,13H2,1-3H3/t16-/m1/s1. The van der Waals surface area contributed by atoms with Gasteiger partial charge in [0.1, 0.15) is 12.4 Å². The molecule has 2 aliphatic rings. The first kappa shape index (κ1) is 20.5. The smallest absolute Gasteiger partial charge is 0.414 e. The Labute approximate surface area is 181 Å². The number of piperazine rings is 1. The molecule has 2 aromatic rings. The molecule has 2 aliphatic heterocycles. The number of pyridine rings is 1. The second kappa shape index (κ2) is 8.14. The molecule has 2 saturated heterocycles. The molecule has 1 atom stereocenters. The number of anilines is 2. The fraction of sp³-hybridized carbons (Fsp3) is 0.409. The number of benzene rings is 1. The Morgan fingerprint density at radius 3 is 2.50 bits per heavy atom. The molecular weight excluding hydrogens is 404 g/mol. The zero-order valence-corrected chi connectivity index (χ0v) is 18.1. The first-order valence-corrected chi connectivity index (χ1v) is 10.5. The zero-order chi connectivity index (χ0) is 21.4. The van der Waals surface area contributed by atoms with Gasteiger partial charge in [-0.1, -0.05) is 17.7 Å². The highest BCUT2D eigenvalue weighted by atomic mass is 35.5. The van der Waals surface area contributed by atoms with Gasteiger partial charge in [-0.2, -0.15) is 0 Å². The minimum Gasteiger partial charge on any atom is -0.447 e. The lowest BCUT2D eigenvalue weighted by Crippen LogP contribution is -2.49. The summed E-state index contributed by atoms with van der Waals surface area (Å²) in [6, 6.07) is 7.10. The topological polar surface area (TPSA) is 66.0 Å². The third kappa shape index (κ3) is 3.81. The Balaban J connectivity index is 1.44. The van der Waals surface area contributed by atoms with Crippen molar-refractivity contribution in [1.29, 1.82) is 0 Å². The maximum atomic E-state index is 13.0. The van der Waals surface area contributed by atoms with Crippen molar-refractivity contribution in [1.82, 2.24) is 9.88 Å². The Bertz CT molecular complexity index is 988. The molecule has 8 heteroatoms. The second-order valence-electron chi connectivity index (χ2n) is 7.89. The highest BCUT2D eigenvalue weighted by Crippen LogP contribution is 2.32. The van der Waals surface area contributed by atoms with Gasteiger partial charge in [-0.3, -0.25) is 9.69 Å². The van der Waals surface area contributed by atoms with E-state index < -0.39 is 6.09 Å². The average molecular weight is 429 g/mol. The van der Waals surface area contributed by atoms with Gasteiger partial charge in [-0.05, 0) is 50.1 Å². The lowest BCUT2D eigenvalue weighted by Gasteiger charge is -2.36. The van der Waals surface area contributed by atoms with Gasteiger partial charge in [0.25, 0.3) is 5.91 Å². The maximum Gasteiger partial charge on any atom is 0.414 e. The molecule has 2 fully saturated rings. The molecule has 0 bridgehead atoms. The van der Waals surface area contributed by atoms with Gasteiger partial charge < -0.3 is 14.5 Å². The van der Waals surface area contributed by atoms with Crippen molar-refractivity contribution in [2.45, 2.75) is 26.8 Å². The Hall–Kier alpha value is -2.80. The quantitative estimate of drug-likeness (QED) is 0.746. The van der Waals surface area contributed by atoms with Crippen LogP contribution in [-0.2, 0) is 4.74 Å². The van der Waals surface area contributed by atoms with Crippen molar-refractivity contribution in [3.8, 4) is 0 Å². The van der Waals surface area contributed by atoms with Crippen LogP contribution in [0.25, 0.3) is 0 Å². The van der Waals surface area contributed by atoms with E-state index in [1.807, 2.05) is 24.9 Å². The number of rotatable bonds is 3. The molecule has 1 aromatic carbocycles. The molecule has 0 aliphatic carbocycles. The number of ether oxygens (including phenoxy) is 1. The van der Waals surface area contributed by atoms with Crippen LogP contribution in [0.3, 0.4) is 0 Å². The van der Waals surface area contributed by atoms with Crippen LogP contribution >= 0.6 is 11.6 Å². The van der Waals surface area contributed by atoms with Gasteiger partial charge in [0.05, 0.1) is 16.8 Å². The molecule has 30 heavy (non-hydrogen) atoms. The van der Waals surface area contributed by atoms with E-state index in [4.69, 9.17) is 16.3 Å². The normalized spacial score (nSPS) is 19.3. The number of hydrogen-bond donors (Lipinski definition) is 0. The van der Waals surface area contributed by atoms with Gasteiger partial charge in [0.2, 0.25) is 0 Å². The fourth-order valence-electron chi connectivity index (χ4n) is 4.03. The molecule has 3 heterocycles. The van der Waals surface area contributed by atoms with Crippen LogP contribution in [0.1, 0.15) is 28.4 Å². The Morgan fingerprint density at radius 2 is 1.90 bits per heavy atom. The van der Waals surface area contributed by atoms with E-state index in [-0.39, 0.29) is 11.9 Å². The van der Waals surface area contributed by atoms with Crippen LogP contribution in [0, 0.1) is 13.8 Å². The number of carbonyl (C=O) groups is 2. The van der Waals surface area contributed by atoms with Gasteiger partial charge in [0, 0.05) is 37.9 Å². The van der Waals surface area contributed by atoms with Crippen molar-refractivity contribution in [3.63, 3.8) is 0 Å². The predicted octanol–water partition coefficient (Wildman–Crippen LogP) is 3.66. The van der Waals surface area contributed by atoms with Crippen molar-refractivity contribution in [3.05, 3.63) is 52.2 Å². The SMILES string of the molecule is Cc1cnc(N2CCN(C(=O)c3ccc(N4C(=O)OC[C@H]4C)c(Cl)c3)CC2)c(C)c1. The van der Waals surface area contributed by atoms with Crippen molar-refractivity contribution < 1.29 is 14.3 Å². The van der Waals surface area contributed by atoms with Crippen LogP contribution in [0.4, 0.5) is 16.3 Å². The van der Waals surface area contributed by atoms with E-state index >= 15 is 0 Å². The maximum absolute atomic E-state index is 13.0. The molecule has 0 saturated carbocycles. The van der Waals surface area contributed by atoms with Gasteiger partial charge >= 0.3 is 6.09 Å². The van der Waals surface area contributed by atoms with Crippen molar-refractivity contribution in [2.75, 3.05) is 42.6 Å². The number of aryl methyl sites for hydroxylation is 2. The minimum absolute atomic E-state index is 0.0614. The molecule has 0 unspecified atom stereocenters.